The largest absolute Gasteiger partial charge is 4.00 e. The van der Waals surface area contributed by atoms with Gasteiger partial charge in [0.25, 0.3) is 0 Å². The molecule has 4 heteroatoms. The van der Waals surface area contributed by atoms with E-state index in [4.69, 9.17) is 0 Å². The van der Waals surface area contributed by atoms with Crippen LogP contribution >= 0.6 is 0 Å². The summed E-state index contributed by atoms with van der Waals surface area (Å²) in [6, 6.07) is 0. The predicted molar refractivity (Wildman–Crippen MR) is 38.9 cm³/mol. The minimum atomic E-state index is 0. The van der Waals surface area contributed by atoms with E-state index in [2.05, 4.69) is 24.6 Å². The van der Waals surface area contributed by atoms with Gasteiger partial charge in [0.05, 0.1) is 0 Å². The second kappa shape index (κ2) is 10.8. The molecular formula is C9H11I3Ti. The van der Waals surface area contributed by atoms with E-state index in [1.165, 1.54) is 19.3 Å². The Labute approximate surface area is 147 Å². The molecule has 0 saturated heterocycles. The van der Waals surface area contributed by atoms with Crippen LogP contribution in [0.1, 0.15) is 19.3 Å². The second-order valence-electron chi connectivity index (χ2n) is 2.81. The van der Waals surface area contributed by atoms with Crippen molar-refractivity contribution in [2.75, 3.05) is 0 Å². The number of hydrogen-bond acceptors (Lipinski definition) is 0. The third kappa shape index (κ3) is 5.77. The Hall–Kier alpha value is 2.25. The van der Waals surface area contributed by atoms with Crippen molar-refractivity contribution < 1.29 is 93.6 Å². The third-order valence-corrected chi connectivity index (χ3v) is 2.21. The Morgan fingerprint density at radius 3 is 2.54 bits per heavy atom. The molecule has 0 spiro atoms. The molecule has 13 heavy (non-hydrogen) atoms. The smallest absolute Gasteiger partial charge is 1.00 e. The molecule has 0 aromatic rings. The first-order chi connectivity index (χ1) is 4.47. The van der Waals surface area contributed by atoms with E-state index in [9.17, 15) is 0 Å². The molecule has 0 bridgehead atoms. The van der Waals surface area contributed by atoms with E-state index in [1.54, 1.807) is 5.57 Å². The summed E-state index contributed by atoms with van der Waals surface area (Å²) in [4.78, 5) is 0. The summed E-state index contributed by atoms with van der Waals surface area (Å²) in [6.45, 7) is 0. The van der Waals surface area contributed by atoms with Crippen molar-refractivity contribution in [1.82, 2.24) is 0 Å². The number of hydrogen-bond donors (Lipinski definition) is 0. The van der Waals surface area contributed by atoms with Gasteiger partial charge < -0.3 is 71.9 Å². The standard InChI is InChI=1S/C9H11.3HI.Ti/c1-2-5-9-7-3-6-8(9)4-1;;;;/h1-2,4,6,9H,3,5,7H2;3*1H;/q-1;;;;+4/p-3. The number of allylic oxidation sites excluding steroid dienone is 4. The molecule has 0 N–H and O–H groups in total. The van der Waals surface area contributed by atoms with Crippen LogP contribution in [0.15, 0.2) is 23.8 Å². The van der Waals surface area contributed by atoms with Crippen LogP contribution in [0.5, 0.6) is 0 Å². The Balaban J connectivity index is -0.000000250. The monoisotopic (exact) mass is 548 g/mol. The molecule has 0 amide bonds. The van der Waals surface area contributed by atoms with Crippen molar-refractivity contribution in [2.45, 2.75) is 19.3 Å². The van der Waals surface area contributed by atoms with Crippen molar-refractivity contribution in [3.8, 4) is 0 Å². The minimum absolute atomic E-state index is 0. The van der Waals surface area contributed by atoms with Crippen molar-refractivity contribution >= 4 is 0 Å². The van der Waals surface area contributed by atoms with Gasteiger partial charge in [0, 0.05) is 0 Å². The van der Waals surface area contributed by atoms with Crippen LogP contribution in [0.4, 0.5) is 0 Å². The van der Waals surface area contributed by atoms with Gasteiger partial charge in [-0.15, -0.1) is 18.6 Å². The van der Waals surface area contributed by atoms with Gasteiger partial charge in [0.1, 0.15) is 0 Å². The van der Waals surface area contributed by atoms with Crippen LogP contribution in [0.25, 0.3) is 0 Å². The van der Waals surface area contributed by atoms with E-state index >= 15 is 0 Å². The molecular weight excluding hydrogens is 537 g/mol. The maximum absolute atomic E-state index is 2.37. The quantitative estimate of drug-likeness (QED) is 0.161. The predicted octanol–water partition coefficient (Wildman–Crippen LogP) is -6.50. The van der Waals surface area contributed by atoms with Gasteiger partial charge in [0.2, 0.25) is 0 Å². The average molecular weight is 548 g/mol. The molecule has 0 aromatic heterocycles. The molecule has 0 aliphatic heterocycles. The van der Waals surface area contributed by atoms with Gasteiger partial charge in [-0.1, -0.05) is 6.42 Å². The molecule has 0 nitrogen and oxygen atoms in total. The van der Waals surface area contributed by atoms with Crippen LogP contribution in [-0.2, 0) is 21.7 Å². The number of fused-ring (bicyclic) bond motifs is 1. The topological polar surface area (TPSA) is 0 Å². The van der Waals surface area contributed by atoms with Crippen LogP contribution in [-0.4, -0.2) is 0 Å². The van der Waals surface area contributed by atoms with Crippen molar-refractivity contribution in [3.05, 3.63) is 30.2 Å². The summed E-state index contributed by atoms with van der Waals surface area (Å²) >= 11 is 0. The SMILES string of the molecule is C1=CCC2CC[CH-]C2=C1.[I-].[I-].[I-].[Ti+4]. The Bertz CT molecular complexity index is 178. The first kappa shape index (κ1) is 20.6. The summed E-state index contributed by atoms with van der Waals surface area (Å²) in [5.41, 5.74) is 1.58. The molecule has 0 radical (unpaired) electrons. The van der Waals surface area contributed by atoms with Gasteiger partial charge in [0.15, 0.2) is 0 Å². The molecule has 2 aliphatic rings. The molecule has 1 fully saturated rings. The van der Waals surface area contributed by atoms with E-state index < -0.39 is 0 Å². The zero-order chi connectivity index (χ0) is 6.10. The van der Waals surface area contributed by atoms with Crippen LogP contribution in [0.2, 0.25) is 0 Å². The van der Waals surface area contributed by atoms with E-state index in [0.29, 0.717) is 0 Å². The summed E-state index contributed by atoms with van der Waals surface area (Å²) in [5, 5.41) is 0. The molecule has 72 valence electrons. The molecule has 0 aromatic carbocycles. The maximum atomic E-state index is 2.37. The van der Waals surface area contributed by atoms with Crippen LogP contribution < -0.4 is 71.9 Å². The Kier molecular flexibility index (Phi) is 17.1. The third-order valence-electron chi connectivity index (χ3n) is 2.21. The van der Waals surface area contributed by atoms with E-state index in [0.717, 1.165) is 5.92 Å². The first-order valence-corrected chi connectivity index (χ1v) is 3.67. The van der Waals surface area contributed by atoms with E-state index in [-0.39, 0.29) is 93.6 Å². The van der Waals surface area contributed by atoms with Gasteiger partial charge in [-0.3, -0.25) is 0 Å². The summed E-state index contributed by atoms with van der Waals surface area (Å²) in [6.07, 6.45) is 13.0. The van der Waals surface area contributed by atoms with Crippen LogP contribution in [0.3, 0.4) is 0 Å². The molecule has 2 aliphatic carbocycles. The minimum Gasteiger partial charge on any atom is -1.00 e. The van der Waals surface area contributed by atoms with Crippen LogP contribution in [0, 0.1) is 12.3 Å². The van der Waals surface area contributed by atoms with Gasteiger partial charge in [-0.05, 0) is 12.3 Å². The fraction of sp³-hybridized carbons (Fsp3) is 0.444. The molecule has 0 heterocycles. The van der Waals surface area contributed by atoms with E-state index in [1.807, 2.05) is 0 Å². The normalized spacial score (nSPS) is 21.5. The Morgan fingerprint density at radius 2 is 1.92 bits per heavy atom. The number of halogens is 3. The zero-order valence-corrected chi connectivity index (χ0v) is 15.2. The van der Waals surface area contributed by atoms with Crippen molar-refractivity contribution in [3.63, 3.8) is 0 Å². The van der Waals surface area contributed by atoms with Crippen molar-refractivity contribution in [2.24, 2.45) is 5.92 Å². The van der Waals surface area contributed by atoms with Crippen molar-refractivity contribution in [1.29, 1.82) is 0 Å². The summed E-state index contributed by atoms with van der Waals surface area (Å²) < 4.78 is 0. The second-order valence-corrected chi connectivity index (χ2v) is 2.81. The number of rotatable bonds is 0. The zero-order valence-electron chi connectivity index (χ0n) is 7.14. The fourth-order valence-electron chi connectivity index (χ4n) is 1.66. The molecule has 1 atom stereocenters. The fourth-order valence-corrected chi connectivity index (χ4v) is 1.66. The summed E-state index contributed by atoms with van der Waals surface area (Å²) in [7, 11) is 0. The molecule has 2 rings (SSSR count). The van der Waals surface area contributed by atoms with Gasteiger partial charge in [-0.2, -0.15) is 0 Å². The Morgan fingerprint density at radius 1 is 1.23 bits per heavy atom. The first-order valence-electron chi connectivity index (χ1n) is 3.67. The summed E-state index contributed by atoms with van der Waals surface area (Å²) in [5.74, 6) is 0.884. The average Bonchev–Trinajstić information content (AvgIpc) is 2.33. The maximum Gasteiger partial charge on any atom is 4.00 e. The van der Waals surface area contributed by atoms with Gasteiger partial charge in [-0.25, -0.2) is 18.1 Å². The van der Waals surface area contributed by atoms with Gasteiger partial charge >= 0.3 is 21.7 Å². The molecule has 1 unspecified atom stereocenters. The molecule has 1 saturated carbocycles.